The van der Waals surface area contributed by atoms with Gasteiger partial charge in [-0.3, -0.25) is 0 Å². The van der Waals surface area contributed by atoms with E-state index in [1.54, 1.807) is 7.11 Å². The van der Waals surface area contributed by atoms with Crippen LogP contribution in [0.2, 0.25) is 0 Å². The minimum absolute atomic E-state index is 0.387. The molecule has 2 rings (SSSR count). The first-order chi connectivity index (χ1) is 8.61. The molecule has 0 bridgehead atoms. The predicted molar refractivity (Wildman–Crippen MR) is 75.9 cm³/mol. The molecule has 0 saturated heterocycles. The zero-order valence-corrected chi connectivity index (χ0v) is 11.9. The molecule has 4 atom stereocenters. The lowest BCUT2D eigenvalue weighted by atomic mass is 9.96. The molecule has 1 aromatic carbocycles. The average Bonchev–Trinajstić information content (AvgIpc) is 2.71. The van der Waals surface area contributed by atoms with E-state index in [1.165, 1.54) is 18.4 Å². The third-order valence-electron chi connectivity index (χ3n) is 4.52. The lowest BCUT2D eigenvalue weighted by Gasteiger charge is -2.24. The van der Waals surface area contributed by atoms with Gasteiger partial charge in [-0.2, -0.15) is 0 Å². The van der Waals surface area contributed by atoms with Crippen molar-refractivity contribution in [1.29, 1.82) is 0 Å². The highest BCUT2D eigenvalue weighted by molar-refractivity contribution is 5.30. The molecule has 2 heteroatoms. The van der Waals surface area contributed by atoms with Gasteiger partial charge in [0.2, 0.25) is 0 Å². The molecule has 1 fully saturated rings. The fourth-order valence-electron chi connectivity index (χ4n) is 2.93. The monoisotopic (exact) mass is 247 g/mol. The Kier molecular flexibility index (Phi) is 4.28. The third-order valence-corrected chi connectivity index (χ3v) is 4.52. The Balaban J connectivity index is 2.01. The van der Waals surface area contributed by atoms with E-state index in [4.69, 9.17) is 4.74 Å². The largest absolute Gasteiger partial charge is 0.497 e. The molecule has 0 amide bonds. The molecule has 0 aliphatic heterocycles. The summed E-state index contributed by atoms with van der Waals surface area (Å²) in [6.45, 7) is 6.97. The van der Waals surface area contributed by atoms with Gasteiger partial charge in [0.1, 0.15) is 5.75 Å². The number of rotatable bonds is 4. The van der Waals surface area contributed by atoms with Crippen molar-refractivity contribution in [3.63, 3.8) is 0 Å². The predicted octanol–water partition coefficient (Wildman–Crippen LogP) is 3.78. The fraction of sp³-hybridized carbons (Fsp3) is 0.625. The van der Waals surface area contributed by atoms with E-state index in [0.717, 1.165) is 17.6 Å². The van der Waals surface area contributed by atoms with Gasteiger partial charge >= 0.3 is 0 Å². The van der Waals surface area contributed by atoms with E-state index >= 15 is 0 Å². The van der Waals surface area contributed by atoms with Gasteiger partial charge < -0.3 is 10.1 Å². The third kappa shape index (κ3) is 2.86. The molecular weight excluding hydrogens is 222 g/mol. The summed E-state index contributed by atoms with van der Waals surface area (Å²) in [5.74, 6) is 2.56. The van der Waals surface area contributed by atoms with Gasteiger partial charge in [0, 0.05) is 12.1 Å². The van der Waals surface area contributed by atoms with E-state index in [0.29, 0.717) is 12.1 Å². The van der Waals surface area contributed by atoms with Crippen molar-refractivity contribution in [2.75, 3.05) is 7.11 Å². The van der Waals surface area contributed by atoms with Gasteiger partial charge in [0.05, 0.1) is 7.11 Å². The Morgan fingerprint density at radius 3 is 2.67 bits per heavy atom. The highest BCUT2D eigenvalue weighted by Crippen LogP contribution is 2.32. The standard InChI is InChI=1S/C16H25NO/c1-11-8-9-16(12(11)2)17-13(3)14-6-5-7-15(10-14)18-4/h5-7,10-13,16-17H,8-9H2,1-4H3. The van der Waals surface area contributed by atoms with Crippen LogP contribution in [0.15, 0.2) is 24.3 Å². The molecule has 1 saturated carbocycles. The van der Waals surface area contributed by atoms with Crippen LogP contribution in [-0.2, 0) is 0 Å². The zero-order valence-electron chi connectivity index (χ0n) is 11.9. The van der Waals surface area contributed by atoms with Gasteiger partial charge in [0.15, 0.2) is 0 Å². The first kappa shape index (κ1) is 13.4. The van der Waals surface area contributed by atoms with Crippen molar-refractivity contribution in [2.45, 2.75) is 45.7 Å². The number of hydrogen-bond donors (Lipinski definition) is 1. The summed E-state index contributed by atoms with van der Waals surface area (Å²) >= 11 is 0. The maximum absolute atomic E-state index is 5.29. The van der Waals surface area contributed by atoms with Gasteiger partial charge in [-0.25, -0.2) is 0 Å². The quantitative estimate of drug-likeness (QED) is 0.874. The number of methoxy groups -OCH3 is 1. The van der Waals surface area contributed by atoms with Crippen molar-refractivity contribution >= 4 is 0 Å². The lowest BCUT2D eigenvalue weighted by Crippen LogP contribution is -2.34. The smallest absolute Gasteiger partial charge is 0.119 e. The molecular formula is C16H25NO. The summed E-state index contributed by atoms with van der Waals surface area (Å²) in [5, 5.41) is 3.77. The highest BCUT2D eigenvalue weighted by atomic mass is 16.5. The maximum Gasteiger partial charge on any atom is 0.119 e. The molecule has 0 heterocycles. The summed E-state index contributed by atoms with van der Waals surface area (Å²) < 4.78 is 5.29. The lowest BCUT2D eigenvalue weighted by molar-refractivity contribution is 0.346. The average molecular weight is 247 g/mol. The molecule has 1 N–H and O–H groups in total. The number of nitrogens with one attached hydrogen (secondary N) is 1. The van der Waals surface area contributed by atoms with Crippen molar-refractivity contribution in [3.8, 4) is 5.75 Å². The van der Waals surface area contributed by atoms with E-state index < -0.39 is 0 Å². The van der Waals surface area contributed by atoms with Gasteiger partial charge in [-0.15, -0.1) is 0 Å². The van der Waals surface area contributed by atoms with Crippen LogP contribution < -0.4 is 10.1 Å². The first-order valence-corrected chi connectivity index (χ1v) is 7.01. The van der Waals surface area contributed by atoms with Crippen LogP contribution in [-0.4, -0.2) is 13.2 Å². The van der Waals surface area contributed by atoms with Crippen LogP contribution in [0.4, 0.5) is 0 Å². The van der Waals surface area contributed by atoms with Crippen LogP contribution in [0, 0.1) is 11.8 Å². The number of benzene rings is 1. The van der Waals surface area contributed by atoms with Gasteiger partial charge in [-0.05, 0) is 49.3 Å². The number of hydrogen-bond acceptors (Lipinski definition) is 2. The summed E-state index contributed by atoms with van der Waals surface area (Å²) in [6.07, 6.45) is 2.65. The minimum atomic E-state index is 0.387. The van der Waals surface area contributed by atoms with E-state index in [9.17, 15) is 0 Å². The van der Waals surface area contributed by atoms with Crippen molar-refractivity contribution in [1.82, 2.24) is 5.32 Å². The Morgan fingerprint density at radius 2 is 2.06 bits per heavy atom. The molecule has 0 aromatic heterocycles. The molecule has 1 aliphatic rings. The van der Waals surface area contributed by atoms with Crippen molar-refractivity contribution in [3.05, 3.63) is 29.8 Å². The van der Waals surface area contributed by atoms with Crippen LogP contribution in [0.1, 0.15) is 45.2 Å². The molecule has 1 aromatic rings. The minimum Gasteiger partial charge on any atom is -0.497 e. The van der Waals surface area contributed by atoms with Crippen LogP contribution in [0.3, 0.4) is 0 Å². The van der Waals surface area contributed by atoms with Crippen LogP contribution >= 0.6 is 0 Å². The fourth-order valence-corrected chi connectivity index (χ4v) is 2.93. The highest BCUT2D eigenvalue weighted by Gasteiger charge is 2.30. The maximum atomic E-state index is 5.29. The molecule has 4 unspecified atom stereocenters. The molecule has 18 heavy (non-hydrogen) atoms. The van der Waals surface area contributed by atoms with E-state index in [2.05, 4.69) is 44.3 Å². The molecule has 0 radical (unpaired) electrons. The Hall–Kier alpha value is -1.02. The molecule has 2 nitrogen and oxygen atoms in total. The topological polar surface area (TPSA) is 21.3 Å². The second-order valence-electron chi connectivity index (χ2n) is 5.69. The Labute approximate surface area is 111 Å². The molecule has 100 valence electrons. The van der Waals surface area contributed by atoms with Gasteiger partial charge in [0.25, 0.3) is 0 Å². The Bertz CT molecular complexity index is 390. The zero-order chi connectivity index (χ0) is 13.1. The first-order valence-electron chi connectivity index (χ1n) is 7.01. The molecule has 0 spiro atoms. The summed E-state index contributed by atoms with van der Waals surface area (Å²) in [4.78, 5) is 0. The Morgan fingerprint density at radius 1 is 1.28 bits per heavy atom. The summed E-state index contributed by atoms with van der Waals surface area (Å²) in [5.41, 5.74) is 1.31. The van der Waals surface area contributed by atoms with E-state index in [-0.39, 0.29) is 0 Å². The normalized spacial score (nSPS) is 29.2. The van der Waals surface area contributed by atoms with Crippen LogP contribution in [0.25, 0.3) is 0 Å². The van der Waals surface area contributed by atoms with Crippen LogP contribution in [0.5, 0.6) is 5.75 Å². The van der Waals surface area contributed by atoms with Gasteiger partial charge in [-0.1, -0.05) is 26.0 Å². The SMILES string of the molecule is COc1cccc(C(C)NC2CCC(C)C2C)c1. The molecule has 1 aliphatic carbocycles. The second-order valence-corrected chi connectivity index (χ2v) is 5.69. The summed E-state index contributed by atoms with van der Waals surface area (Å²) in [7, 11) is 1.72. The number of ether oxygens (including phenoxy) is 1. The van der Waals surface area contributed by atoms with Crippen molar-refractivity contribution in [2.24, 2.45) is 11.8 Å². The van der Waals surface area contributed by atoms with Crippen molar-refractivity contribution < 1.29 is 4.74 Å². The van der Waals surface area contributed by atoms with E-state index in [1.807, 2.05) is 6.07 Å². The summed E-state index contributed by atoms with van der Waals surface area (Å²) in [6, 6.07) is 9.40. The second kappa shape index (κ2) is 5.75.